The molecular weight excluding hydrogens is 260 g/mol. The lowest BCUT2D eigenvalue weighted by Crippen LogP contribution is -2.29. The summed E-state index contributed by atoms with van der Waals surface area (Å²) in [5, 5.41) is 3.65. The van der Waals surface area contributed by atoms with Crippen molar-refractivity contribution in [3.63, 3.8) is 0 Å². The van der Waals surface area contributed by atoms with Gasteiger partial charge in [-0.3, -0.25) is 4.79 Å². The molecule has 0 aliphatic heterocycles. The van der Waals surface area contributed by atoms with Gasteiger partial charge in [-0.15, -0.1) is 0 Å². The summed E-state index contributed by atoms with van der Waals surface area (Å²) < 4.78 is 1.82. The fourth-order valence-electron chi connectivity index (χ4n) is 3.57. The van der Waals surface area contributed by atoms with Crippen LogP contribution >= 0.6 is 0 Å². The summed E-state index contributed by atoms with van der Waals surface area (Å²) in [5.74, 6) is 1.65. The van der Waals surface area contributed by atoms with Gasteiger partial charge in [0.15, 0.2) is 0 Å². The minimum absolute atomic E-state index is 0.101. The first kappa shape index (κ1) is 16.1. The lowest BCUT2D eigenvalue weighted by molar-refractivity contribution is 0.289. The van der Waals surface area contributed by atoms with E-state index in [9.17, 15) is 4.79 Å². The number of aryl methyl sites for hydroxylation is 1. The van der Waals surface area contributed by atoms with Gasteiger partial charge in [0.2, 0.25) is 0 Å². The average Bonchev–Trinajstić information content (AvgIpc) is 2.42. The summed E-state index contributed by atoms with van der Waals surface area (Å²) in [6.45, 7) is 7.54. The Morgan fingerprint density at radius 1 is 1.33 bits per heavy atom. The first-order valence-corrected chi connectivity index (χ1v) is 8.55. The Morgan fingerprint density at radius 3 is 2.86 bits per heavy atom. The van der Waals surface area contributed by atoms with Gasteiger partial charge in [0.25, 0.3) is 5.56 Å². The number of hydrogen-bond acceptors (Lipinski definition) is 2. The Hall–Kier alpha value is -1.25. The number of pyridine rings is 1. The zero-order valence-corrected chi connectivity index (χ0v) is 13.8. The SMILES string of the molecule is CCCn1cc(NC2CCCC(CC(C)C)C2)ccc1=O. The summed E-state index contributed by atoms with van der Waals surface area (Å²) in [4.78, 5) is 11.8. The van der Waals surface area contributed by atoms with Gasteiger partial charge in [-0.25, -0.2) is 0 Å². The van der Waals surface area contributed by atoms with Crippen LogP contribution in [0.2, 0.25) is 0 Å². The average molecular weight is 290 g/mol. The molecule has 1 aromatic heterocycles. The van der Waals surface area contributed by atoms with Crippen LogP contribution in [0, 0.1) is 11.8 Å². The molecule has 1 aromatic rings. The van der Waals surface area contributed by atoms with Crippen LogP contribution in [-0.4, -0.2) is 10.6 Å². The Kier molecular flexibility index (Phi) is 5.89. The number of nitrogens with zero attached hydrogens (tertiary/aromatic N) is 1. The maximum absolute atomic E-state index is 11.8. The highest BCUT2D eigenvalue weighted by Crippen LogP contribution is 2.30. The molecule has 1 heterocycles. The van der Waals surface area contributed by atoms with Crippen LogP contribution < -0.4 is 10.9 Å². The Bertz CT molecular complexity index is 492. The highest BCUT2D eigenvalue weighted by Gasteiger charge is 2.22. The number of nitrogens with one attached hydrogen (secondary N) is 1. The molecule has 0 spiro atoms. The quantitative estimate of drug-likeness (QED) is 0.848. The van der Waals surface area contributed by atoms with Crippen LogP contribution in [0.3, 0.4) is 0 Å². The van der Waals surface area contributed by atoms with Crippen molar-refractivity contribution in [2.75, 3.05) is 5.32 Å². The predicted octanol–water partition coefficient (Wildman–Crippen LogP) is 4.28. The van der Waals surface area contributed by atoms with Crippen molar-refractivity contribution < 1.29 is 0 Å². The van der Waals surface area contributed by atoms with Crippen molar-refractivity contribution in [3.8, 4) is 0 Å². The fraction of sp³-hybridized carbons (Fsp3) is 0.722. The zero-order valence-electron chi connectivity index (χ0n) is 13.8. The van der Waals surface area contributed by atoms with Crippen LogP contribution in [0.15, 0.2) is 23.1 Å². The van der Waals surface area contributed by atoms with Crippen LogP contribution in [0.1, 0.15) is 59.3 Å². The van der Waals surface area contributed by atoms with Crippen molar-refractivity contribution in [2.45, 2.75) is 71.9 Å². The zero-order chi connectivity index (χ0) is 15.2. The number of aromatic nitrogens is 1. The molecule has 118 valence electrons. The van der Waals surface area contributed by atoms with Crippen molar-refractivity contribution in [1.29, 1.82) is 0 Å². The molecule has 1 saturated carbocycles. The summed E-state index contributed by atoms with van der Waals surface area (Å²) in [7, 11) is 0. The van der Waals surface area contributed by atoms with E-state index in [-0.39, 0.29) is 5.56 Å². The molecule has 3 heteroatoms. The van der Waals surface area contributed by atoms with Gasteiger partial charge >= 0.3 is 0 Å². The highest BCUT2D eigenvalue weighted by atomic mass is 16.1. The molecule has 0 bridgehead atoms. The van der Waals surface area contributed by atoms with E-state index in [1.165, 1.54) is 32.1 Å². The number of hydrogen-bond donors (Lipinski definition) is 1. The van der Waals surface area contributed by atoms with Gasteiger partial charge in [0.05, 0.1) is 5.69 Å². The molecule has 0 saturated heterocycles. The number of anilines is 1. The van der Waals surface area contributed by atoms with E-state index < -0.39 is 0 Å². The maximum atomic E-state index is 11.8. The van der Waals surface area contributed by atoms with Gasteiger partial charge in [-0.1, -0.05) is 33.6 Å². The molecule has 2 atom stereocenters. The first-order valence-electron chi connectivity index (χ1n) is 8.55. The summed E-state index contributed by atoms with van der Waals surface area (Å²) in [5.41, 5.74) is 1.20. The van der Waals surface area contributed by atoms with Crippen LogP contribution in [0.5, 0.6) is 0 Å². The molecule has 0 aromatic carbocycles. The van der Waals surface area contributed by atoms with Crippen LogP contribution in [0.4, 0.5) is 5.69 Å². The molecule has 1 aliphatic carbocycles. The largest absolute Gasteiger partial charge is 0.381 e. The molecule has 21 heavy (non-hydrogen) atoms. The van der Waals surface area contributed by atoms with E-state index in [0.717, 1.165) is 30.5 Å². The Morgan fingerprint density at radius 2 is 2.14 bits per heavy atom. The van der Waals surface area contributed by atoms with Crippen molar-refractivity contribution in [1.82, 2.24) is 4.57 Å². The van der Waals surface area contributed by atoms with Crippen LogP contribution in [-0.2, 0) is 6.54 Å². The molecule has 3 nitrogen and oxygen atoms in total. The third-order valence-electron chi connectivity index (χ3n) is 4.41. The smallest absolute Gasteiger partial charge is 0.250 e. The fourth-order valence-corrected chi connectivity index (χ4v) is 3.57. The number of rotatable bonds is 6. The maximum Gasteiger partial charge on any atom is 0.250 e. The molecule has 2 rings (SSSR count). The third-order valence-corrected chi connectivity index (χ3v) is 4.41. The van der Waals surface area contributed by atoms with E-state index >= 15 is 0 Å². The summed E-state index contributed by atoms with van der Waals surface area (Å²) in [6, 6.07) is 4.18. The molecule has 0 amide bonds. The van der Waals surface area contributed by atoms with E-state index in [1.54, 1.807) is 6.07 Å². The van der Waals surface area contributed by atoms with E-state index in [4.69, 9.17) is 0 Å². The lowest BCUT2D eigenvalue weighted by atomic mass is 9.81. The van der Waals surface area contributed by atoms with Gasteiger partial charge in [-0.2, -0.15) is 0 Å². The lowest BCUT2D eigenvalue weighted by Gasteiger charge is -2.31. The first-order chi connectivity index (χ1) is 10.1. The van der Waals surface area contributed by atoms with E-state index in [1.807, 2.05) is 16.8 Å². The topological polar surface area (TPSA) is 34.0 Å². The second-order valence-corrected chi connectivity index (χ2v) is 6.95. The predicted molar refractivity (Wildman–Crippen MR) is 89.8 cm³/mol. The Labute approximate surface area is 128 Å². The standard InChI is InChI=1S/C18H30N2O/c1-4-10-20-13-17(8-9-18(20)21)19-16-7-5-6-15(12-16)11-14(2)3/h8-9,13-16,19H,4-7,10-12H2,1-3H3. The molecule has 2 unspecified atom stereocenters. The van der Waals surface area contributed by atoms with Crippen LogP contribution in [0.25, 0.3) is 0 Å². The van der Waals surface area contributed by atoms with Crippen molar-refractivity contribution in [2.24, 2.45) is 11.8 Å². The molecule has 1 N–H and O–H groups in total. The summed E-state index contributed by atoms with van der Waals surface area (Å²) in [6.07, 6.45) is 9.54. The third kappa shape index (κ3) is 4.90. The normalized spacial score (nSPS) is 22.5. The molecule has 1 fully saturated rings. The highest BCUT2D eigenvalue weighted by molar-refractivity contribution is 5.41. The van der Waals surface area contributed by atoms with E-state index in [2.05, 4.69) is 26.1 Å². The Balaban J connectivity index is 1.97. The molecule has 1 aliphatic rings. The molecule has 0 radical (unpaired) electrons. The van der Waals surface area contributed by atoms with Crippen molar-refractivity contribution >= 4 is 5.69 Å². The molecular formula is C18H30N2O. The van der Waals surface area contributed by atoms with E-state index in [0.29, 0.717) is 6.04 Å². The monoisotopic (exact) mass is 290 g/mol. The minimum Gasteiger partial charge on any atom is -0.381 e. The van der Waals surface area contributed by atoms with Gasteiger partial charge < -0.3 is 9.88 Å². The van der Waals surface area contributed by atoms with Gasteiger partial charge in [-0.05, 0) is 43.6 Å². The van der Waals surface area contributed by atoms with Gasteiger partial charge in [0.1, 0.15) is 0 Å². The van der Waals surface area contributed by atoms with Crippen molar-refractivity contribution in [3.05, 3.63) is 28.7 Å². The van der Waals surface area contributed by atoms with Gasteiger partial charge in [0, 0.05) is 24.8 Å². The second-order valence-electron chi connectivity index (χ2n) is 6.95. The minimum atomic E-state index is 0.101. The second kappa shape index (κ2) is 7.67. The summed E-state index contributed by atoms with van der Waals surface area (Å²) >= 11 is 0.